The molecule has 0 aromatic heterocycles. The van der Waals surface area contributed by atoms with E-state index in [4.69, 9.17) is 10.5 Å². The van der Waals surface area contributed by atoms with Crippen LogP contribution in [-0.2, 0) is 11.4 Å². The van der Waals surface area contributed by atoms with Gasteiger partial charge in [-0.3, -0.25) is 10.1 Å². The lowest BCUT2D eigenvalue weighted by atomic mass is 10.0. The summed E-state index contributed by atoms with van der Waals surface area (Å²) in [7, 11) is 0. The van der Waals surface area contributed by atoms with Crippen LogP contribution in [0.1, 0.15) is 37.4 Å². The quantitative estimate of drug-likeness (QED) is 0.780. The van der Waals surface area contributed by atoms with Crippen LogP contribution in [0.15, 0.2) is 48.5 Å². The molecule has 2 aromatic rings. The van der Waals surface area contributed by atoms with Crippen LogP contribution < -0.4 is 15.8 Å². The highest BCUT2D eigenvalue weighted by Gasteiger charge is 2.15. The molecule has 24 heavy (non-hydrogen) atoms. The van der Waals surface area contributed by atoms with Gasteiger partial charge in [0.1, 0.15) is 18.2 Å². The van der Waals surface area contributed by atoms with Crippen LogP contribution in [0.2, 0.25) is 0 Å². The molecule has 1 amide bonds. The fraction of sp³-hybridized carbons (Fsp3) is 0.316. The number of carbonyl (C=O) groups is 1. The number of carbonyl (C=O) groups excluding carboxylic acids is 1. The highest BCUT2D eigenvalue weighted by molar-refractivity contribution is 5.79. The Morgan fingerprint density at radius 3 is 2.46 bits per heavy atom. The Kier molecular flexibility index (Phi) is 6.32. The first-order valence-corrected chi connectivity index (χ1v) is 8.02. The third-order valence-corrected chi connectivity index (χ3v) is 3.92. The van der Waals surface area contributed by atoms with E-state index >= 15 is 0 Å². The molecule has 0 unspecified atom stereocenters. The van der Waals surface area contributed by atoms with Gasteiger partial charge in [-0.25, -0.2) is 4.39 Å². The van der Waals surface area contributed by atoms with E-state index in [-0.39, 0.29) is 24.4 Å². The molecule has 0 heterocycles. The van der Waals surface area contributed by atoms with Crippen LogP contribution >= 0.6 is 0 Å². The molecule has 0 saturated heterocycles. The second kappa shape index (κ2) is 8.45. The lowest BCUT2D eigenvalue weighted by Crippen LogP contribution is -2.40. The van der Waals surface area contributed by atoms with Gasteiger partial charge in [0.25, 0.3) is 0 Å². The maximum atomic E-state index is 13.6. The average molecular weight is 330 g/mol. The number of hydrogen-bond donors (Lipinski definition) is 2. The first-order valence-electron chi connectivity index (χ1n) is 8.02. The van der Waals surface area contributed by atoms with E-state index in [2.05, 4.69) is 5.32 Å². The average Bonchev–Trinajstić information content (AvgIpc) is 2.59. The molecule has 0 fully saturated rings. The largest absolute Gasteiger partial charge is 0.489 e. The Labute approximate surface area is 141 Å². The minimum atomic E-state index is -0.396. The summed E-state index contributed by atoms with van der Waals surface area (Å²) in [6.45, 7) is 3.96. The third-order valence-electron chi connectivity index (χ3n) is 3.92. The third kappa shape index (κ3) is 4.80. The van der Waals surface area contributed by atoms with Gasteiger partial charge in [0, 0.05) is 11.6 Å². The first kappa shape index (κ1) is 17.9. The lowest BCUT2D eigenvalue weighted by molar-refractivity contribution is -0.119. The van der Waals surface area contributed by atoms with E-state index < -0.39 is 6.04 Å². The summed E-state index contributed by atoms with van der Waals surface area (Å²) in [5.41, 5.74) is 6.86. The van der Waals surface area contributed by atoms with Crippen LogP contribution in [0.3, 0.4) is 0 Å². The molecule has 128 valence electrons. The summed E-state index contributed by atoms with van der Waals surface area (Å²) in [5, 5.41) is 3.20. The van der Waals surface area contributed by atoms with E-state index in [9.17, 15) is 9.18 Å². The van der Waals surface area contributed by atoms with Crippen molar-refractivity contribution in [2.45, 2.75) is 39.0 Å². The van der Waals surface area contributed by atoms with Gasteiger partial charge < -0.3 is 10.5 Å². The van der Waals surface area contributed by atoms with E-state index in [1.165, 1.54) is 6.07 Å². The molecule has 0 spiro atoms. The van der Waals surface area contributed by atoms with Crippen LogP contribution in [-0.4, -0.2) is 11.9 Å². The van der Waals surface area contributed by atoms with Crippen LogP contribution in [0.25, 0.3) is 0 Å². The van der Waals surface area contributed by atoms with Crippen LogP contribution in [0.4, 0.5) is 4.39 Å². The SMILES string of the molecule is CC[C@@H](N[C@@H](C)C(N)=O)c1ccc(OCc2ccccc2F)cc1. The zero-order valence-corrected chi connectivity index (χ0v) is 14.0. The van der Waals surface area contributed by atoms with Crippen LogP contribution in [0.5, 0.6) is 5.75 Å². The fourth-order valence-electron chi connectivity index (χ4n) is 2.41. The second-order valence-electron chi connectivity index (χ2n) is 5.70. The minimum absolute atomic E-state index is 0.0353. The summed E-state index contributed by atoms with van der Waals surface area (Å²) in [6, 6.07) is 13.7. The molecule has 0 aliphatic rings. The van der Waals surface area contributed by atoms with Crippen molar-refractivity contribution in [1.29, 1.82) is 0 Å². The van der Waals surface area contributed by atoms with Crippen LogP contribution in [0, 0.1) is 5.82 Å². The summed E-state index contributed by atoms with van der Waals surface area (Å²) < 4.78 is 19.2. The molecule has 0 bridgehead atoms. The van der Waals surface area contributed by atoms with E-state index in [1.54, 1.807) is 25.1 Å². The van der Waals surface area contributed by atoms with Gasteiger partial charge in [-0.05, 0) is 37.1 Å². The highest BCUT2D eigenvalue weighted by Crippen LogP contribution is 2.21. The molecule has 4 nitrogen and oxygen atoms in total. The Bertz CT molecular complexity index is 673. The fourth-order valence-corrected chi connectivity index (χ4v) is 2.41. The van der Waals surface area contributed by atoms with Crippen molar-refractivity contribution >= 4 is 5.91 Å². The predicted molar refractivity (Wildman–Crippen MR) is 92.0 cm³/mol. The number of hydrogen-bond acceptors (Lipinski definition) is 3. The first-order chi connectivity index (χ1) is 11.5. The maximum Gasteiger partial charge on any atom is 0.234 e. The Morgan fingerprint density at radius 2 is 1.88 bits per heavy atom. The Hall–Kier alpha value is -2.40. The van der Waals surface area contributed by atoms with Crippen molar-refractivity contribution in [3.8, 4) is 5.75 Å². The van der Waals surface area contributed by atoms with Gasteiger partial charge in [-0.2, -0.15) is 0 Å². The van der Waals surface area contributed by atoms with Gasteiger partial charge in [-0.1, -0.05) is 37.3 Å². The molecule has 0 aliphatic heterocycles. The van der Waals surface area contributed by atoms with Crippen molar-refractivity contribution in [1.82, 2.24) is 5.32 Å². The Balaban J connectivity index is 1.99. The van der Waals surface area contributed by atoms with E-state index in [0.717, 1.165) is 12.0 Å². The molecule has 0 radical (unpaired) electrons. The summed E-state index contributed by atoms with van der Waals surface area (Å²) in [4.78, 5) is 11.2. The zero-order chi connectivity index (χ0) is 17.5. The number of ether oxygens (including phenoxy) is 1. The smallest absolute Gasteiger partial charge is 0.234 e. The highest BCUT2D eigenvalue weighted by atomic mass is 19.1. The number of rotatable bonds is 8. The molecule has 2 aromatic carbocycles. The molecule has 2 rings (SSSR count). The van der Waals surface area contributed by atoms with Gasteiger partial charge in [0.05, 0.1) is 6.04 Å². The number of amides is 1. The minimum Gasteiger partial charge on any atom is -0.489 e. The van der Waals surface area contributed by atoms with Crippen molar-refractivity contribution < 1.29 is 13.9 Å². The number of nitrogens with two attached hydrogens (primary N) is 1. The predicted octanol–water partition coefficient (Wildman–Crippen LogP) is 3.32. The van der Waals surface area contributed by atoms with Crippen molar-refractivity contribution in [3.05, 3.63) is 65.5 Å². The molecular weight excluding hydrogens is 307 g/mol. The molecule has 2 atom stereocenters. The zero-order valence-electron chi connectivity index (χ0n) is 14.0. The van der Waals surface area contributed by atoms with Crippen molar-refractivity contribution in [2.75, 3.05) is 0 Å². The van der Waals surface area contributed by atoms with Crippen molar-refractivity contribution in [3.63, 3.8) is 0 Å². The van der Waals surface area contributed by atoms with E-state index in [0.29, 0.717) is 11.3 Å². The van der Waals surface area contributed by atoms with Gasteiger partial charge >= 0.3 is 0 Å². The monoisotopic (exact) mass is 330 g/mol. The van der Waals surface area contributed by atoms with Crippen molar-refractivity contribution in [2.24, 2.45) is 5.73 Å². The summed E-state index contributed by atoms with van der Waals surface area (Å²) >= 11 is 0. The normalized spacial score (nSPS) is 13.3. The summed E-state index contributed by atoms with van der Waals surface area (Å²) in [5.74, 6) is 0.0166. The lowest BCUT2D eigenvalue weighted by Gasteiger charge is -2.21. The second-order valence-corrected chi connectivity index (χ2v) is 5.70. The van der Waals surface area contributed by atoms with E-state index in [1.807, 2.05) is 31.2 Å². The standard InChI is InChI=1S/C19H23FN2O2/c1-3-18(22-13(2)19(21)23)14-8-10-16(11-9-14)24-12-15-6-4-5-7-17(15)20/h4-11,13,18,22H,3,12H2,1-2H3,(H2,21,23)/t13-,18+/m0/s1. The number of halogens is 1. The van der Waals surface area contributed by atoms with Gasteiger partial charge in [0.2, 0.25) is 5.91 Å². The summed E-state index contributed by atoms with van der Waals surface area (Å²) in [6.07, 6.45) is 0.826. The molecule has 0 aliphatic carbocycles. The van der Waals surface area contributed by atoms with Gasteiger partial charge in [0.15, 0.2) is 0 Å². The topological polar surface area (TPSA) is 64.3 Å². The number of nitrogens with one attached hydrogen (secondary N) is 1. The number of primary amides is 1. The Morgan fingerprint density at radius 1 is 1.21 bits per heavy atom. The maximum absolute atomic E-state index is 13.6. The van der Waals surface area contributed by atoms with Gasteiger partial charge in [-0.15, -0.1) is 0 Å². The molecule has 5 heteroatoms. The number of benzene rings is 2. The molecule has 0 saturated carbocycles. The molecule has 3 N–H and O–H groups in total. The molecular formula is C19H23FN2O2.